The maximum Gasteiger partial charge on any atom is 0.343 e. The minimum atomic E-state index is -2.39. The SMILES string of the molecule is CCOC(=O)[C@H](F)[C@](C)(N[S@](=O)C(C)(C)C)c1cccc(F)c1F. The van der Waals surface area contributed by atoms with E-state index in [2.05, 4.69) is 9.46 Å². The zero-order chi connectivity index (χ0) is 18.7. The van der Waals surface area contributed by atoms with Gasteiger partial charge in [-0.05, 0) is 40.7 Å². The highest BCUT2D eigenvalue weighted by Crippen LogP contribution is 2.32. The predicted octanol–water partition coefficient (Wildman–Crippen LogP) is 3.13. The van der Waals surface area contributed by atoms with Crippen molar-refractivity contribution >= 4 is 17.0 Å². The van der Waals surface area contributed by atoms with Gasteiger partial charge in [-0.3, -0.25) is 0 Å². The molecule has 0 amide bonds. The summed E-state index contributed by atoms with van der Waals surface area (Å²) >= 11 is 0. The van der Waals surface area contributed by atoms with E-state index in [9.17, 15) is 22.2 Å². The quantitative estimate of drug-likeness (QED) is 0.788. The first-order valence-electron chi connectivity index (χ1n) is 7.40. The molecule has 1 N–H and O–H groups in total. The van der Waals surface area contributed by atoms with E-state index in [0.717, 1.165) is 19.1 Å². The molecule has 0 fully saturated rings. The minimum absolute atomic E-state index is 0.0800. The first kappa shape index (κ1) is 20.6. The molecule has 1 aromatic carbocycles. The second-order valence-corrected chi connectivity index (χ2v) is 8.37. The molecule has 3 atom stereocenters. The summed E-state index contributed by atoms with van der Waals surface area (Å²) in [4.78, 5) is 11.8. The van der Waals surface area contributed by atoms with Crippen LogP contribution in [0, 0.1) is 11.6 Å². The van der Waals surface area contributed by atoms with E-state index in [0.29, 0.717) is 0 Å². The lowest BCUT2D eigenvalue weighted by Gasteiger charge is -2.35. The molecule has 0 unspecified atom stereocenters. The van der Waals surface area contributed by atoms with Gasteiger partial charge in [-0.1, -0.05) is 12.1 Å². The van der Waals surface area contributed by atoms with Gasteiger partial charge < -0.3 is 4.74 Å². The van der Waals surface area contributed by atoms with Gasteiger partial charge >= 0.3 is 5.97 Å². The van der Waals surface area contributed by atoms with E-state index in [1.807, 2.05) is 0 Å². The van der Waals surface area contributed by atoms with Crippen molar-refractivity contribution < 1.29 is 26.9 Å². The second-order valence-electron chi connectivity index (χ2n) is 6.40. The molecule has 136 valence electrons. The van der Waals surface area contributed by atoms with Crippen LogP contribution in [0.5, 0.6) is 0 Å². The van der Waals surface area contributed by atoms with Crippen LogP contribution in [-0.2, 0) is 26.1 Å². The molecule has 0 aromatic heterocycles. The van der Waals surface area contributed by atoms with Crippen molar-refractivity contribution in [1.82, 2.24) is 4.72 Å². The molecule has 0 spiro atoms. The summed E-state index contributed by atoms with van der Waals surface area (Å²) in [5.74, 6) is -3.76. The number of carbonyl (C=O) groups excluding carboxylic acids is 1. The number of ether oxygens (including phenoxy) is 1. The van der Waals surface area contributed by atoms with Crippen LogP contribution in [0.4, 0.5) is 13.2 Å². The first-order chi connectivity index (χ1) is 10.9. The average molecular weight is 365 g/mol. The van der Waals surface area contributed by atoms with Crippen LogP contribution in [-0.4, -0.2) is 27.7 Å². The van der Waals surface area contributed by atoms with Gasteiger partial charge in [0.2, 0.25) is 6.17 Å². The van der Waals surface area contributed by atoms with Gasteiger partial charge in [-0.25, -0.2) is 26.9 Å². The van der Waals surface area contributed by atoms with E-state index in [1.54, 1.807) is 20.8 Å². The van der Waals surface area contributed by atoms with Crippen molar-refractivity contribution in [3.05, 3.63) is 35.4 Å². The summed E-state index contributed by atoms with van der Waals surface area (Å²) < 4.78 is 61.3. The van der Waals surface area contributed by atoms with E-state index in [-0.39, 0.29) is 6.61 Å². The van der Waals surface area contributed by atoms with Crippen molar-refractivity contribution in [2.45, 2.75) is 51.1 Å². The molecule has 0 saturated carbocycles. The Balaban J connectivity index is 3.43. The normalized spacial score (nSPS) is 17.0. The molecule has 0 aliphatic rings. The fourth-order valence-corrected chi connectivity index (χ4v) is 2.85. The third-order valence-electron chi connectivity index (χ3n) is 3.37. The van der Waals surface area contributed by atoms with E-state index in [4.69, 9.17) is 0 Å². The number of hydrogen-bond donors (Lipinski definition) is 1. The van der Waals surface area contributed by atoms with Crippen molar-refractivity contribution in [3.8, 4) is 0 Å². The van der Waals surface area contributed by atoms with Crippen LogP contribution < -0.4 is 4.72 Å². The Hall–Kier alpha value is -1.41. The van der Waals surface area contributed by atoms with Gasteiger partial charge in [0.1, 0.15) is 0 Å². The van der Waals surface area contributed by atoms with Crippen molar-refractivity contribution in [3.63, 3.8) is 0 Å². The Morgan fingerprint density at radius 2 is 1.88 bits per heavy atom. The highest BCUT2D eigenvalue weighted by molar-refractivity contribution is 7.84. The summed E-state index contributed by atoms with van der Waals surface area (Å²) in [5, 5.41) is 0. The highest BCUT2D eigenvalue weighted by Gasteiger charge is 2.46. The lowest BCUT2D eigenvalue weighted by Crippen LogP contribution is -2.55. The largest absolute Gasteiger partial charge is 0.464 e. The smallest absolute Gasteiger partial charge is 0.343 e. The summed E-state index contributed by atoms with van der Waals surface area (Å²) in [6.07, 6.45) is -2.39. The van der Waals surface area contributed by atoms with E-state index in [1.165, 1.54) is 13.0 Å². The molecule has 0 saturated heterocycles. The molecular weight excluding hydrogens is 343 g/mol. The maximum absolute atomic E-state index is 14.8. The fourth-order valence-electron chi connectivity index (χ4n) is 1.94. The van der Waals surface area contributed by atoms with Crippen LogP contribution in [0.25, 0.3) is 0 Å². The first-order valence-corrected chi connectivity index (χ1v) is 8.55. The van der Waals surface area contributed by atoms with Gasteiger partial charge in [-0.2, -0.15) is 0 Å². The average Bonchev–Trinajstić information content (AvgIpc) is 2.48. The summed E-state index contributed by atoms with van der Waals surface area (Å²) in [6, 6.07) is 3.19. The van der Waals surface area contributed by atoms with Gasteiger partial charge in [0.15, 0.2) is 11.6 Å². The predicted molar refractivity (Wildman–Crippen MR) is 86.3 cm³/mol. The molecule has 0 heterocycles. The number of nitrogens with one attached hydrogen (secondary N) is 1. The second kappa shape index (κ2) is 7.65. The Bertz CT molecular complexity index is 633. The molecule has 1 rings (SSSR count). The Kier molecular flexibility index (Phi) is 6.58. The molecule has 0 bridgehead atoms. The van der Waals surface area contributed by atoms with Gasteiger partial charge in [-0.15, -0.1) is 0 Å². The minimum Gasteiger partial charge on any atom is -0.464 e. The molecule has 24 heavy (non-hydrogen) atoms. The lowest BCUT2D eigenvalue weighted by molar-refractivity contribution is -0.152. The lowest BCUT2D eigenvalue weighted by atomic mass is 9.87. The maximum atomic E-state index is 14.8. The number of carbonyl (C=O) groups is 1. The zero-order valence-electron chi connectivity index (χ0n) is 14.3. The van der Waals surface area contributed by atoms with Crippen molar-refractivity contribution in [2.24, 2.45) is 0 Å². The molecular formula is C16H22F3NO3S. The molecule has 0 aliphatic carbocycles. The van der Waals surface area contributed by atoms with Crippen LogP contribution >= 0.6 is 0 Å². The third-order valence-corrected chi connectivity index (χ3v) is 5.09. The summed E-state index contributed by atoms with van der Waals surface area (Å²) in [6.45, 7) is 7.42. The van der Waals surface area contributed by atoms with Gasteiger partial charge in [0.25, 0.3) is 0 Å². The molecule has 4 nitrogen and oxygen atoms in total. The zero-order valence-corrected chi connectivity index (χ0v) is 15.1. The van der Waals surface area contributed by atoms with Gasteiger partial charge in [0, 0.05) is 5.56 Å². The topological polar surface area (TPSA) is 55.4 Å². The molecule has 1 aromatic rings. The number of alkyl halides is 1. The molecule has 0 radical (unpaired) electrons. The molecule has 8 heteroatoms. The summed E-state index contributed by atoms with van der Waals surface area (Å²) in [7, 11) is -1.85. The number of benzene rings is 1. The standard InChI is InChI=1S/C16H22F3NO3S/c1-6-23-14(21)13(19)16(5,20-24(22)15(2,3)4)10-8-7-9-11(17)12(10)18/h7-9,13,20H,6H2,1-5H3/t13-,16+,24+/m0/s1. The Morgan fingerprint density at radius 1 is 1.29 bits per heavy atom. The number of esters is 1. The number of rotatable bonds is 6. The van der Waals surface area contributed by atoms with Crippen LogP contribution in [0.3, 0.4) is 0 Å². The Labute approximate surface area is 142 Å². The van der Waals surface area contributed by atoms with Crippen molar-refractivity contribution in [2.75, 3.05) is 6.61 Å². The molecule has 0 aliphatic heterocycles. The van der Waals surface area contributed by atoms with Crippen LogP contribution in [0.1, 0.15) is 40.2 Å². The van der Waals surface area contributed by atoms with Crippen LogP contribution in [0.2, 0.25) is 0 Å². The van der Waals surface area contributed by atoms with Crippen molar-refractivity contribution in [1.29, 1.82) is 0 Å². The third kappa shape index (κ3) is 4.36. The van der Waals surface area contributed by atoms with E-state index >= 15 is 0 Å². The Morgan fingerprint density at radius 3 is 2.38 bits per heavy atom. The summed E-state index contributed by atoms with van der Waals surface area (Å²) in [5.41, 5.74) is -2.52. The number of hydrogen-bond acceptors (Lipinski definition) is 3. The van der Waals surface area contributed by atoms with Gasteiger partial charge in [0.05, 0.1) is 27.9 Å². The van der Waals surface area contributed by atoms with Crippen LogP contribution in [0.15, 0.2) is 18.2 Å². The fraction of sp³-hybridized carbons (Fsp3) is 0.562. The highest BCUT2D eigenvalue weighted by atomic mass is 32.2. The number of halogens is 3. The monoisotopic (exact) mass is 365 g/mol. The van der Waals surface area contributed by atoms with E-state index < -0.39 is 50.6 Å².